The van der Waals surface area contributed by atoms with Crippen LogP contribution in [-0.4, -0.2) is 29.6 Å². The molecule has 0 aromatic carbocycles. The summed E-state index contributed by atoms with van der Waals surface area (Å²) in [5.74, 6) is 1.33. The summed E-state index contributed by atoms with van der Waals surface area (Å²) in [7, 11) is 0. The Bertz CT molecular complexity index is 393. The molecule has 0 aliphatic heterocycles. The maximum atomic E-state index is 13.8. The molecule has 0 amide bonds. The highest BCUT2D eigenvalue weighted by Crippen LogP contribution is 2.31. The molecule has 0 atom stereocenters. The number of nitrogens with one attached hydrogen (secondary N) is 1. The van der Waals surface area contributed by atoms with E-state index in [2.05, 4.69) is 22.2 Å². The fourth-order valence-corrected chi connectivity index (χ4v) is 1.88. The molecule has 1 saturated carbocycles. The average Bonchev–Trinajstić information content (AvgIpc) is 3.19. The van der Waals surface area contributed by atoms with Gasteiger partial charge in [0.25, 0.3) is 0 Å². The van der Waals surface area contributed by atoms with Crippen molar-refractivity contribution in [2.45, 2.75) is 33.1 Å². The van der Waals surface area contributed by atoms with Gasteiger partial charge in [0.1, 0.15) is 0 Å². The van der Waals surface area contributed by atoms with Gasteiger partial charge in [-0.2, -0.15) is 4.98 Å². The van der Waals surface area contributed by atoms with E-state index in [1.165, 1.54) is 19.0 Å². The SMILES string of the molecule is CCCNc1ncc(F)c(N(CC)CC2CC2)n1. The molecule has 5 heteroatoms. The van der Waals surface area contributed by atoms with Gasteiger partial charge in [-0.25, -0.2) is 9.37 Å². The van der Waals surface area contributed by atoms with E-state index in [0.717, 1.165) is 26.1 Å². The Kier molecular flexibility index (Phi) is 4.33. The summed E-state index contributed by atoms with van der Waals surface area (Å²) in [4.78, 5) is 10.3. The van der Waals surface area contributed by atoms with E-state index < -0.39 is 0 Å². The fraction of sp³-hybridized carbons (Fsp3) is 0.692. The lowest BCUT2D eigenvalue weighted by atomic mass is 10.3. The fourth-order valence-electron chi connectivity index (χ4n) is 1.88. The van der Waals surface area contributed by atoms with Crippen LogP contribution in [0.1, 0.15) is 33.1 Å². The van der Waals surface area contributed by atoms with Crippen LogP contribution in [0.25, 0.3) is 0 Å². The predicted octanol–water partition coefficient (Wildman–Crippen LogP) is 2.67. The molecule has 0 bridgehead atoms. The Labute approximate surface area is 108 Å². The Morgan fingerprint density at radius 2 is 2.22 bits per heavy atom. The minimum absolute atomic E-state index is 0.334. The number of aromatic nitrogens is 2. The van der Waals surface area contributed by atoms with Crippen molar-refractivity contribution in [2.24, 2.45) is 5.92 Å². The molecule has 0 saturated heterocycles. The third-order valence-corrected chi connectivity index (χ3v) is 3.12. The molecular weight excluding hydrogens is 231 g/mol. The van der Waals surface area contributed by atoms with Crippen LogP contribution in [0.5, 0.6) is 0 Å². The molecule has 4 nitrogen and oxygen atoms in total. The predicted molar refractivity (Wildman–Crippen MR) is 71.4 cm³/mol. The summed E-state index contributed by atoms with van der Waals surface area (Å²) in [6.45, 7) is 6.58. The van der Waals surface area contributed by atoms with Gasteiger partial charge in [-0.3, -0.25) is 0 Å². The highest BCUT2D eigenvalue weighted by Gasteiger charge is 2.25. The van der Waals surface area contributed by atoms with Crippen molar-refractivity contribution in [1.82, 2.24) is 9.97 Å². The van der Waals surface area contributed by atoms with Crippen molar-refractivity contribution in [3.05, 3.63) is 12.0 Å². The van der Waals surface area contributed by atoms with Crippen molar-refractivity contribution in [2.75, 3.05) is 29.9 Å². The van der Waals surface area contributed by atoms with Gasteiger partial charge < -0.3 is 10.2 Å². The zero-order valence-electron chi connectivity index (χ0n) is 11.1. The van der Waals surface area contributed by atoms with Gasteiger partial charge in [0.2, 0.25) is 5.95 Å². The van der Waals surface area contributed by atoms with Crippen LogP contribution < -0.4 is 10.2 Å². The Morgan fingerprint density at radius 1 is 1.44 bits per heavy atom. The molecule has 18 heavy (non-hydrogen) atoms. The number of anilines is 2. The molecule has 1 aromatic rings. The highest BCUT2D eigenvalue weighted by atomic mass is 19.1. The number of hydrogen-bond acceptors (Lipinski definition) is 4. The van der Waals surface area contributed by atoms with Gasteiger partial charge >= 0.3 is 0 Å². The van der Waals surface area contributed by atoms with Gasteiger partial charge in [0.15, 0.2) is 11.6 Å². The zero-order chi connectivity index (χ0) is 13.0. The number of halogens is 1. The average molecular weight is 252 g/mol. The lowest BCUT2D eigenvalue weighted by Gasteiger charge is -2.22. The van der Waals surface area contributed by atoms with Crippen molar-refractivity contribution >= 4 is 11.8 Å². The molecule has 1 aromatic heterocycles. The maximum absolute atomic E-state index is 13.8. The van der Waals surface area contributed by atoms with Gasteiger partial charge in [-0.15, -0.1) is 0 Å². The molecule has 1 aliphatic rings. The minimum Gasteiger partial charge on any atom is -0.354 e. The first-order chi connectivity index (χ1) is 8.74. The Balaban J connectivity index is 2.11. The molecular formula is C13H21FN4. The second-order valence-electron chi connectivity index (χ2n) is 4.77. The van der Waals surface area contributed by atoms with Gasteiger partial charge in [0, 0.05) is 19.6 Å². The first-order valence-electron chi connectivity index (χ1n) is 6.76. The lowest BCUT2D eigenvalue weighted by Crippen LogP contribution is -2.27. The van der Waals surface area contributed by atoms with E-state index in [1.807, 2.05) is 11.8 Å². The van der Waals surface area contributed by atoms with E-state index in [1.54, 1.807) is 0 Å². The molecule has 0 spiro atoms. The summed E-state index contributed by atoms with van der Waals surface area (Å²) in [6.07, 6.45) is 4.76. The summed E-state index contributed by atoms with van der Waals surface area (Å²) >= 11 is 0. The molecule has 0 unspecified atom stereocenters. The Hall–Kier alpha value is -1.39. The molecule has 1 N–H and O–H groups in total. The van der Waals surface area contributed by atoms with Crippen LogP contribution in [-0.2, 0) is 0 Å². The number of hydrogen-bond donors (Lipinski definition) is 1. The zero-order valence-corrected chi connectivity index (χ0v) is 11.1. The topological polar surface area (TPSA) is 41.1 Å². The summed E-state index contributed by atoms with van der Waals surface area (Å²) < 4.78 is 13.8. The van der Waals surface area contributed by atoms with Gasteiger partial charge in [0.05, 0.1) is 6.20 Å². The van der Waals surface area contributed by atoms with E-state index in [4.69, 9.17) is 0 Å². The van der Waals surface area contributed by atoms with Crippen molar-refractivity contribution in [3.8, 4) is 0 Å². The lowest BCUT2D eigenvalue weighted by molar-refractivity contribution is 0.598. The van der Waals surface area contributed by atoms with E-state index in [0.29, 0.717) is 17.7 Å². The monoisotopic (exact) mass is 252 g/mol. The van der Waals surface area contributed by atoms with Gasteiger partial charge in [-0.05, 0) is 32.1 Å². The standard InChI is InChI=1S/C13H21FN4/c1-3-7-15-13-16-8-11(14)12(17-13)18(4-2)9-10-5-6-10/h8,10H,3-7,9H2,1-2H3,(H,15,16,17). The largest absolute Gasteiger partial charge is 0.354 e. The van der Waals surface area contributed by atoms with Gasteiger partial charge in [-0.1, -0.05) is 6.92 Å². The third-order valence-electron chi connectivity index (χ3n) is 3.12. The molecule has 1 fully saturated rings. The highest BCUT2D eigenvalue weighted by molar-refractivity contribution is 5.44. The molecule has 1 heterocycles. The second kappa shape index (κ2) is 5.98. The van der Waals surface area contributed by atoms with Crippen molar-refractivity contribution < 1.29 is 4.39 Å². The van der Waals surface area contributed by atoms with Crippen LogP contribution >= 0.6 is 0 Å². The summed E-state index contributed by atoms with van der Waals surface area (Å²) in [5.41, 5.74) is 0. The normalized spacial score (nSPS) is 14.6. The minimum atomic E-state index is -0.334. The summed E-state index contributed by atoms with van der Waals surface area (Å²) in [5, 5.41) is 3.09. The molecule has 2 rings (SSSR count). The van der Waals surface area contributed by atoms with Crippen molar-refractivity contribution in [3.63, 3.8) is 0 Å². The van der Waals surface area contributed by atoms with Crippen molar-refractivity contribution in [1.29, 1.82) is 0 Å². The maximum Gasteiger partial charge on any atom is 0.224 e. The van der Waals surface area contributed by atoms with E-state index in [9.17, 15) is 4.39 Å². The molecule has 100 valence electrons. The van der Waals surface area contributed by atoms with Crippen LogP contribution in [0.4, 0.5) is 16.2 Å². The van der Waals surface area contributed by atoms with Crippen LogP contribution in [0, 0.1) is 11.7 Å². The first-order valence-corrected chi connectivity index (χ1v) is 6.76. The number of rotatable bonds is 7. The van der Waals surface area contributed by atoms with Crippen LogP contribution in [0.2, 0.25) is 0 Å². The van der Waals surface area contributed by atoms with E-state index in [-0.39, 0.29) is 5.82 Å². The quantitative estimate of drug-likeness (QED) is 0.810. The Morgan fingerprint density at radius 3 is 2.83 bits per heavy atom. The van der Waals surface area contributed by atoms with Crippen LogP contribution in [0.15, 0.2) is 6.20 Å². The van der Waals surface area contributed by atoms with E-state index >= 15 is 0 Å². The molecule has 1 aliphatic carbocycles. The summed E-state index contributed by atoms with van der Waals surface area (Å²) in [6, 6.07) is 0. The molecule has 0 radical (unpaired) electrons. The first kappa shape index (κ1) is 13.1. The number of nitrogens with zero attached hydrogens (tertiary/aromatic N) is 3. The smallest absolute Gasteiger partial charge is 0.224 e. The van der Waals surface area contributed by atoms with Crippen LogP contribution in [0.3, 0.4) is 0 Å². The second-order valence-corrected chi connectivity index (χ2v) is 4.77. The third kappa shape index (κ3) is 3.31.